The highest BCUT2D eigenvalue weighted by Gasteiger charge is 2.33. The molecule has 1 saturated heterocycles. The molecule has 2 aliphatic rings. The van der Waals surface area contributed by atoms with Gasteiger partial charge in [0.25, 0.3) is 0 Å². The Kier molecular flexibility index (Phi) is 21.1. The Balaban J connectivity index is 0.000000643. The second kappa shape index (κ2) is 23.9. The number of amides is 1. The van der Waals surface area contributed by atoms with Crippen LogP contribution in [0.4, 0.5) is 0 Å². The number of terminal acetylenes is 1. The number of benzene rings is 2. The van der Waals surface area contributed by atoms with Crippen LogP contribution in [0.5, 0.6) is 23.0 Å². The van der Waals surface area contributed by atoms with Gasteiger partial charge in [-0.15, -0.1) is 12.8 Å². The molecule has 2 aromatic carbocycles. The quantitative estimate of drug-likeness (QED) is 0.0793. The molecule has 8 nitrogen and oxygen atoms in total. The number of hydrogen-bond acceptors (Lipinski definition) is 7. The predicted octanol–water partition coefficient (Wildman–Crippen LogP) is 8.19. The van der Waals surface area contributed by atoms with Crippen LogP contribution in [0, 0.1) is 19.8 Å². The zero-order valence-corrected chi connectivity index (χ0v) is 29.8. The molecule has 1 fully saturated rings. The largest absolute Gasteiger partial charge is 0.493 e. The van der Waals surface area contributed by atoms with Gasteiger partial charge in [0.15, 0.2) is 11.5 Å². The number of carbonyl (C=O) groups excluding carboxylic acids is 1. The van der Waals surface area contributed by atoms with Crippen molar-refractivity contribution in [3.8, 4) is 35.8 Å². The van der Waals surface area contributed by atoms with Gasteiger partial charge >= 0.3 is 0 Å². The van der Waals surface area contributed by atoms with Crippen LogP contribution in [-0.2, 0) is 16.1 Å². The van der Waals surface area contributed by atoms with Gasteiger partial charge in [-0.3, -0.25) is 9.63 Å². The summed E-state index contributed by atoms with van der Waals surface area (Å²) in [7, 11) is 1.69. The second-order valence-corrected chi connectivity index (χ2v) is 11.0. The summed E-state index contributed by atoms with van der Waals surface area (Å²) in [6, 6.07) is 11.4. The molecule has 0 saturated carbocycles. The number of ether oxygens (including phenoxy) is 4. The van der Waals surface area contributed by atoms with Crippen molar-refractivity contribution in [1.29, 1.82) is 0 Å². The molecule has 0 aliphatic carbocycles. The van der Waals surface area contributed by atoms with E-state index >= 15 is 0 Å². The summed E-state index contributed by atoms with van der Waals surface area (Å²) in [4.78, 5) is 17.9. The maximum Gasteiger partial charge on any atom is 0.233 e. The van der Waals surface area contributed by atoms with Gasteiger partial charge in [0.1, 0.15) is 5.75 Å². The molecule has 0 bridgehead atoms. The summed E-state index contributed by atoms with van der Waals surface area (Å²) in [5, 5.41) is 1.34. The van der Waals surface area contributed by atoms with Gasteiger partial charge < -0.3 is 23.8 Å². The van der Waals surface area contributed by atoms with Crippen LogP contribution in [0.3, 0.4) is 0 Å². The summed E-state index contributed by atoms with van der Waals surface area (Å²) in [5.41, 5.74) is 3.86. The van der Waals surface area contributed by atoms with E-state index in [0.717, 1.165) is 94.1 Å². The predicted molar refractivity (Wildman–Crippen MR) is 188 cm³/mol. The van der Waals surface area contributed by atoms with E-state index in [0.29, 0.717) is 25.1 Å². The highest BCUT2D eigenvalue weighted by molar-refractivity contribution is 5.56. The molecule has 0 aromatic heterocycles. The lowest BCUT2D eigenvalue weighted by Crippen LogP contribution is -2.29. The Morgan fingerprint density at radius 2 is 1.80 bits per heavy atom. The number of methoxy groups -OCH3 is 1. The lowest BCUT2D eigenvalue weighted by atomic mass is 9.93. The second-order valence-electron chi connectivity index (χ2n) is 11.0. The van der Waals surface area contributed by atoms with E-state index in [2.05, 4.69) is 68.8 Å². The number of hydrogen-bond donors (Lipinski definition) is 0. The highest BCUT2D eigenvalue weighted by Crippen LogP contribution is 2.45. The van der Waals surface area contributed by atoms with Gasteiger partial charge in [-0.25, -0.2) is 5.06 Å². The Bertz CT molecular complexity index is 1140. The highest BCUT2D eigenvalue weighted by atomic mass is 16.7. The summed E-state index contributed by atoms with van der Waals surface area (Å²) in [5.74, 6) is 3.88. The number of hydroxylamine groups is 2. The van der Waals surface area contributed by atoms with Crippen LogP contribution in [-0.4, -0.2) is 69.2 Å². The normalized spacial score (nSPS) is 16.1. The molecule has 2 heterocycles. The summed E-state index contributed by atoms with van der Waals surface area (Å²) < 4.78 is 23.0. The Morgan fingerprint density at radius 1 is 1.04 bits per heavy atom. The molecule has 2 atom stereocenters. The standard InChI is InChI=1S/C27H37NO4.C7H15NO2.C2H6.C2H2/c1-5-7-13-30-26-19(3)9-8-10-20(26)11-12-23-14-22(17-28(23)6-2)21-15-24(29-4)27-25(16-21)31-18-32-27;1-3-5-8(7-9)10-6-4-2;2*1-2/h8-10,15-16,22-23H,5-7,11-14,17-18H2,1-4H3;7H,3-6H2,1-2H3;1-2H3;1-2H. The molecule has 0 spiro atoms. The number of rotatable bonds is 16. The van der Waals surface area contributed by atoms with Crippen molar-refractivity contribution in [3.63, 3.8) is 0 Å². The fourth-order valence-electron chi connectivity index (χ4n) is 5.63. The summed E-state index contributed by atoms with van der Waals surface area (Å²) in [6.45, 7) is 19.1. The Morgan fingerprint density at radius 3 is 2.43 bits per heavy atom. The third kappa shape index (κ3) is 12.4. The third-order valence-corrected chi connectivity index (χ3v) is 7.89. The first-order valence-corrected chi connectivity index (χ1v) is 17.1. The van der Waals surface area contributed by atoms with Crippen LogP contribution in [0.25, 0.3) is 0 Å². The van der Waals surface area contributed by atoms with Crippen molar-refractivity contribution in [2.75, 3.05) is 46.8 Å². The van der Waals surface area contributed by atoms with E-state index in [1.54, 1.807) is 7.11 Å². The lowest BCUT2D eigenvalue weighted by molar-refractivity contribution is -0.172. The molecule has 46 heavy (non-hydrogen) atoms. The lowest BCUT2D eigenvalue weighted by Gasteiger charge is -2.23. The van der Waals surface area contributed by atoms with Gasteiger partial charge in [0.2, 0.25) is 19.0 Å². The van der Waals surface area contributed by atoms with Crippen molar-refractivity contribution in [3.05, 3.63) is 47.0 Å². The zero-order chi connectivity index (χ0) is 34.3. The molecule has 258 valence electrons. The fourth-order valence-corrected chi connectivity index (χ4v) is 5.63. The van der Waals surface area contributed by atoms with Crippen LogP contribution >= 0.6 is 0 Å². The van der Waals surface area contributed by atoms with E-state index in [9.17, 15) is 4.79 Å². The summed E-state index contributed by atoms with van der Waals surface area (Å²) >= 11 is 0. The number of fused-ring (bicyclic) bond motifs is 1. The van der Waals surface area contributed by atoms with Gasteiger partial charge in [-0.1, -0.05) is 66.2 Å². The molecule has 2 unspecified atom stereocenters. The molecule has 1 amide bonds. The first-order chi connectivity index (χ1) is 22.5. The molecular weight excluding hydrogens is 580 g/mol. The molecule has 2 aliphatic heterocycles. The molecule has 0 radical (unpaired) electrons. The van der Waals surface area contributed by atoms with Crippen molar-refractivity contribution in [2.45, 2.75) is 105 Å². The maximum absolute atomic E-state index is 10.2. The number of aryl methyl sites for hydroxylation is 2. The first-order valence-electron chi connectivity index (χ1n) is 17.1. The smallest absolute Gasteiger partial charge is 0.233 e. The van der Waals surface area contributed by atoms with Crippen LogP contribution < -0.4 is 18.9 Å². The Labute approximate surface area is 279 Å². The molecule has 0 N–H and O–H groups in total. The SMILES string of the molecule is C#C.CC.CCCCOc1c(C)cccc1CCC1CC(c2cc(OC)c3c(c2)OCO3)CN1CC.CCCON(C=O)CCC. The van der Waals surface area contributed by atoms with Gasteiger partial charge in [0, 0.05) is 19.1 Å². The fraction of sp³-hybridized carbons (Fsp3) is 0.605. The molecule has 4 rings (SSSR count). The zero-order valence-electron chi connectivity index (χ0n) is 29.8. The topological polar surface area (TPSA) is 69.7 Å². The molecular formula is C38H60N2O6. The average molecular weight is 641 g/mol. The van der Waals surface area contributed by atoms with Crippen molar-refractivity contribution >= 4 is 6.41 Å². The molecule has 2 aromatic rings. The van der Waals surface area contributed by atoms with Gasteiger partial charge in [-0.2, -0.15) is 0 Å². The minimum atomic E-state index is 0.267. The maximum atomic E-state index is 10.2. The minimum Gasteiger partial charge on any atom is -0.493 e. The summed E-state index contributed by atoms with van der Waals surface area (Å²) in [6.07, 6.45) is 16.2. The number of likely N-dealkylation sites (N-methyl/N-ethyl adjacent to an activating group) is 1. The van der Waals surface area contributed by atoms with E-state index in [-0.39, 0.29) is 6.79 Å². The van der Waals surface area contributed by atoms with E-state index in [1.807, 2.05) is 27.7 Å². The van der Waals surface area contributed by atoms with Gasteiger partial charge in [-0.05, 0) is 86.7 Å². The van der Waals surface area contributed by atoms with Crippen molar-refractivity contribution < 1.29 is 28.6 Å². The first kappa shape index (κ1) is 40.6. The van der Waals surface area contributed by atoms with Crippen LogP contribution in [0.1, 0.15) is 103 Å². The third-order valence-electron chi connectivity index (χ3n) is 7.89. The van der Waals surface area contributed by atoms with E-state index in [1.165, 1.54) is 21.8 Å². The Hall–Kier alpha value is -3.41. The average Bonchev–Trinajstić information content (AvgIpc) is 3.75. The van der Waals surface area contributed by atoms with Gasteiger partial charge in [0.05, 0.1) is 20.3 Å². The number of unbranched alkanes of at least 4 members (excludes halogenated alkanes) is 1. The van der Waals surface area contributed by atoms with E-state index in [4.69, 9.17) is 23.8 Å². The number of carbonyl (C=O) groups is 1. The number of likely N-dealkylation sites (tertiary alicyclic amines) is 1. The minimum absolute atomic E-state index is 0.267. The van der Waals surface area contributed by atoms with Crippen LogP contribution in [0.15, 0.2) is 30.3 Å². The number of nitrogens with zero attached hydrogens (tertiary/aromatic N) is 2. The van der Waals surface area contributed by atoms with Crippen molar-refractivity contribution in [2.24, 2.45) is 0 Å². The van der Waals surface area contributed by atoms with E-state index < -0.39 is 0 Å². The number of para-hydroxylation sites is 1. The molecule has 8 heteroatoms. The monoisotopic (exact) mass is 640 g/mol. The van der Waals surface area contributed by atoms with Crippen LogP contribution in [0.2, 0.25) is 0 Å². The van der Waals surface area contributed by atoms with Crippen molar-refractivity contribution in [1.82, 2.24) is 9.96 Å².